The molecule has 84 valence electrons. The molecular weight excluding hydrogens is 207 g/mol. The molecule has 16 heavy (non-hydrogen) atoms. The normalized spacial score (nSPS) is 10.7. The standard InChI is InChI=1S/C12H13FN2O/c1-8-4-5-9(10(13)6-8)11(16)15-12(2,3)7-14/h4-6H,1-3H3,(H,15,16). The Balaban J connectivity index is 2.95. The van der Waals surface area contributed by atoms with E-state index in [0.29, 0.717) is 0 Å². The number of amides is 1. The number of aryl methyl sites for hydroxylation is 1. The van der Waals surface area contributed by atoms with Crippen LogP contribution >= 0.6 is 0 Å². The van der Waals surface area contributed by atoms with E-state index in [9.17, 15) is 9.18 Å². The number of hydrogen-bond donors (Lipinski definition) is 1. The van der Waals surface area contributed by atoms with Crippen molar-refractivity contribution in [2.75, 3.05) is 0 Å². The number of hydrogen-bond acceptors (Lipinski definition) is 2. The van der Waals surface area contributed by atoms with Gasteiger partial charge in [-0.25, -0.2) is 4.39 Å². The monoisotopic (exact) mass is 220 g/mol. The first-order chi connectivity index (χ1) is 7.35. The molecule has 0 unspecified atom stereocenters. The molecule has 0 bridgehead atoms. The Bertz CT molecular complexity index is 461. The number of halogens is 1. The van der Waals surface area contributed by atoms with Gasteiger partial charge in [0.2, 0.25) is 0 Å². The summed E-state index contributed by atoms with van der Waals surface area (Å²) in [6.45, 7) is 4.85. The van der Waals surface area contributed by atoms with Gasteiger partial charge >= 0.3 is 0 Å². The van der Waals surface area contributed by atoms with Crippen molar-refractivity contribution in [1.29, 1.82) is 5.26 Å². The lowest BCUT2D eigenvalue weighted by Gasteiger charge is -2.17. The minimum absolute atomic E-state index is 0.0473. The van der Waals surface area contributed by atoms with Crippen molar-refractivity contribution in [3.05, 3.63) is 35.1 Å². The summed E-state index contributed by atoms with van der Waals surface area (Å²) in [4.78, 5) is 11.6. The molecular formula is C12H13FN2O. The van der Waals surface area contributed by atoms with Crippen molar-refractivity contribution in [1.82, 2.24) is 5.32 Å². The van der Waals surface area contributed by atoms with Gasteiger partial charge < -0.3 is 5.32 Å². The van der Waals surface area contributed by atoms with Gasteiger partial charge in [0.1, 0.15) is 11.4 Å². The highest BCUT2D eigenvalue weighted by Gasteiger charge is 2.21. The van der Waals surface area contributed by atoms with E-state index >= 15 is 0 Å². The Morgan fingerprint density at radius 3 is 2.62 bits per heavy atom. The summed E-state index contributed by atoms with van der Waals surface area (Å²) in [5, 5.41) is 11.2. The molecule has 0 saturated carbocycles. The fraction of sp³-hybridized carbons (Fsp3) is 0.333. The van der Waals surface area contributed by atoms with Gasteiger partial charge in [-0.2, -0.15) is 5.26 Å². The largest absolute Gasteiger partial charge is 0.334 e. The molecule has 1 rings (SSSR count). The minimum atomic E-state index is -1.01. The highest BCUT2D eigenvalue weighted by Crippen LogP contribution is 2.11. The average molecular weight is 220 g/mol. The molecule has 0 aliphatic heterocycles. The summed E-state index contributed by atoms with van der Waals surface area (Å²) in [7, 11) is 0. The fourth-order valence-electron chi connectivity index (χ4n) is 1.18. The smallest absolute Gasteiger partial charge is 0.255 e. The molecule has 3 nitrogen and oxygen atoms in total. The van der Waals surface area contributed by atoms with Crippen molar-refractivity contribution in [2.45, 2.75) is 26.3 Å². The molecule has 0 atom stereocenters. The van der Waals surface area contributed by atoms with Crippen LogP contribution in [0.2, 0.25) is 0 Å². The van der Waals surface area contributed by atoms with Crippen LogP contribution in [-0.4, -0.2) is 11.4 Å². The van der Waals surface area contributed by atoms with Gasteiger partial charge in [-0.1, -0.05) is 6.07 Å². The van der Waals surface area contributed by atoms with Crippen LogP contribution in [0.3, 0.4) is 0 Å². The van der Waals surface area contributed by atoms with Crippen LogP contribution in [-0.2, 0) is 0 Å². The van der Waals surface area contributed by atoms with Crippen LogP contribution in [0.5, 0.6) is 0 Å². The van der Waals surface area contributed by atoms with Gasteiger partial charge in [-0.3, -0.25) is 4.79 Å². The van der Waals surface area contributed by atoms with E-state index in [4.69, 9.17) is 5.26 Å². The molecule has 0 saturated heterocycles. The van der Waals surface area contributed by atoms with Crippen molar-refractivity contribution in [2.24, 2.45) is 0 Å². The van der Waals surface area contributed by atoms with Crippen LogP contribution in [0.4, 0.5) is 4.39 Å². The van der Waals surface area contributed by atoms with Crippen LogP contribution in [0.15, 0.2) is 18.2 Å². The molecule has 1 aromatic rings. The second-order valence-corrected chi connectivity index (χ2v) is 4.17. The molecule has 0 radical (unpaired) electrons. The van der Waals surface area contributed by atoms with Crippen LogP contribution in [0.1, 0.15) is 29.8 Å². The zero-order valence-electron chi connectivity index (χ0n) is 9.47. The van der Waals surface area contributed by atoms with E-state index < -0.39 is 17.3 Å². The number of nitriles is 1. The predicted octanol–water partition coefficient (Wildman–Crippen LogP) is 2.17. The summed E-state index contributed by atoms with van der Waals surface area (Å²) < 4.78 is 13.4. The first-order valence-electron chi connectivity index (χ1n) is 4.85. The Labute approximate surface area is 93.9 Å². The summed E-state index contributed by atoms with van der Waals surface area (Å²) in [5.41, 5.74) is -0.309. The second-order valence-electron chi connectivity index (χ2n) is 4.17. The quantitative estimate of drug-likeness (QED) is 0.830. The maximum Gasteiger partial charge on any atom is 0.255 e. The Morgan fingerprint density at radius 2 is 2.12 bits per heavy atom. The highest BCUT2D eigenvalue weighted by atomic mass is 19.1. The zero-order valence-corrected chi connectivity index (χ0v) is 9.47. The summed E-state index contributed by atoms with van der Waals surface area (Å²) in [5.74, 6) is -1.16. The number of carbonyl (C=O) groups is 1. The summed E-state index contributed by atoms with van der Waals surface area (Å²) in [6.07, 6.45) is 0. The summed E-state index contributed by atoms with van der Waals surface area (Å²) in [6, 6.07) is 6.26. The second kappa shape index (κ2) is 4.31. The zero-order chi connectivity index (χ0) is 12.3. The van der Waals surface area contributed by atoms with Gasteiger partial charge in [-0.05, 0) is 38.5 Å². The van der Waals surface area contributed by atoms with Gasteiger partial charge in [0, 0.05) is 0 Å². The first-order valence-corrected chi connectivity index (χ1v) is 4.85. The third kappa shape index (κ3) is 2.80. The number of benzene rings is 1. The molecule has 0 heterocycles. The van der Waals surface area contributed by atoms with Crippen LogP contribution in [0.25, 0.3) is 0 Å². The Morgan fingerprint density at radius 1 is 1.50 bits per heavy atom. The predicted molar refractivity (Wildman–Crippen MR) is 58.3 cm³/mol. The molecule has 1 aromatic carbocycles. The average Bonchev–Trinajstić information content (AvgIpc) is 2.16. The van der Waals surface area contributed by atoms with E-state index in [1.807, 2.05) is 6.07 Å². The number of carbonyl (C=O) groups excluding carboxylic acids is 1. The molecule has 4 heteroatoms. The third-order valence-corrected chi connectivity index (χ3v) is 2.07. The Hall–Kier alpha value is -1.89. The molecule has 0 aromatic heterocycles. The lowest BCUT2D eigenvalue weighted by molar-refractivity contribution is 0.0925. The molecule has 1 N–H and O–H groups in total. The topological polar surface area (TPSA) is 52.9 Å². The lowest BCUT2D eigenvalue weighted by Crippen LogP contribution is -2.42. The van der Waals surface area contributed by atoms with Crippen LogP contribution in [0, 0.1) is 24.1 Å². The maximum absolute atomic E-state index is 13.4. The number of nitrogens with one attached hydrogen (secondary N) is 1. The molecule has 0 fully saturated rings. The van der Waals surface area contributed by atoms with Crippen molar-refractivity contribution >= 4 is 5.91 Å². The van der Waals surface area contributed by atoms with Gasteiger partial charge in [0.15, 0.2) is 0 Å². The van der Waals surface area contributed by atoms with Crippen molar-refractivity contribution < 1.29 is 9.18 Å². The van der Waals surface area contributed by atoms with Gasteiger partial charge in [0.05, 0.1) is 11.6 Å². The van der Waals surface area contributed by atoms with E-state index in [0.717, 1.165) is 5.56 Å². The fourth-order valence-corrected chi connectivity index (χ4v) is 1.18. The SMILES string of the molecule is Cc1ccc(C(=O)NC(C)(C)C#N)c(F)c1. The van der Waals surface area contributed by atoms with E-state index in [2.05, 4.69) is 5.32 Å². The molecule has 1 amide bonds. The molecule has 0 spiro atoms. The summed E-state index contributed by atoms with van der Waals surface area (Å²) >= 11 is 0. The molecule has 0 aliphatic carbocycles. The maximum atomic E-state index is 13.4. The highest BCUT2D eigenvalue weighted by molar-refractivity contribution is 5.95. The number of rotatable bonds is 2. The third-order valence-electron chi connectivity index (χ3n) is 2.07. The molecule has 0 aliphatic rings. The van der Waals surface area contributed by atoms with Crippen molar-refractivity contribution in [3.8, 4) is 6.07 Å². The van der Waals surface area contributed by atoms with E-state index in [1.54, 1.807) is 26.8 Å². The van der Waals surface area contributed by atoms with E-state index in [-0.39, 0.29) is 5.56 Å². The lowest BCUT2D eigenvalue weighted by atomic mass is 10.1. The number of nitrogens with zero attached hydrogens (tertiary/aromatic N) is 1. The Kier molecular flexibility index (Phi) is 3.28. The van der Waals surface area contributed by atoms with Gasteiger partial charge in [-0.15, -0.1) is 0 Å². The first kappa shape index (κ1) is 12.2. The van der Waals surface area contributed by atoms with Crippen molar-refractivity contribution in [3.63, 3.8) is 0 Å². The van der Waals surface area contributed by atoms with Crippen LogP contribution < -0.4 is 5.32 Å². The van der Waals surface area contributed by atoms with Gasteiger partial charge in [0.25, 0.3) is 5.91 Å². The van der Waals surface area contributed by atoms with E-state index in [1.165, 1.54) is 12.1 Å². The minimum Gasteiger partial charge on any atom is -0.334 e.